The largest absolute Gasteiger partial charge is 0.312 e. The van der Waals surface area contributed by atoms with Gasteiger partial charge in [0.05, 0.1) is 0 Å². The lowest BCUT2D eigenvalue weighted by Gasteiger charge is -2.15. The predicted octanol–water partition coefficient (Wildman–Crippen LogP) is 2.00. The summed E-state index contributed by atoms with van der Waals surface area (Å²) in [7, 11) is 0. The van der Waals surface area contributed by atoms with Crippen molar-refractivity contribution < 1.29 is 0 Å². The molecule has 0 saturated heterocycles. The van der Waals surface area contributed by atoms with Crippen molar-refractivity contribution in [2.24, 2.45) is 17.8 Å². The summed E-state index contributed by atoms with van der Waals surface area (Å²) in [6, 6.07) is 0. The molecule has 0 radical (unpaired) electrons. The lowest BCUT2D eigenvalue weighted by molar-refractivity contribution is 0.378. The molecule has 0 amide bonds. The Balaban J connectivity index is 1.45. The first-order valence-corrected chi connectivity index (χ1v) is 6.38. The van der Waals surface area contributed by atoms with Gasteiger partial charge in [0.15, 0.2) is 0 Å². The molecule has 0 aromatic carbocycles. The second-order valence-corrected chi connectivity index (χ2v) is 5.22. The van der Waals surface area contributed by atoms with E-state index < -0.39 is 0 Å². The molecule has 3 rings (SSSR count). The van der Waals surface area contributed by atoms with Gasteiger partial charge in [-0.3, -0.25) is 0 Å². The van der Waals surface area contributed by atoms with Crippen LogP contribution < -0.4 is 5.32 Å². The van der Waals surface area contributed by atoms with Gasteiger partial charge in [-0.05, 0) is 50.0 Å². The van der Waals surface area contributed by atoms with Crippen molar-refractivity contribution in [1.82, 2.24) is 15.3 Å². The van der Waals surface area contributed by atoms with E-state index in [1.54, 1.807) is 6.33 Å². The van der Waals surface area contributed by atoms with Crippen LogP contribution in [0.25, 0.3) is 0 Å². The van der Waals surface area contributed by atoms with Crippen LogP contribution >= 0.6 is 0 Å². The Labute approximate surface area is 96.7 Å². The van der Waals surface area contributed by atoms with E-state index >= 15 is 0 Å². The molecule has 0 aliphatic heterocycles. The minimum absolute atomic E-state index is 0.913. The molecular weight excluding hydrogens is 198 g/mol. The molecular formula is C13H19N3. The van der Waals surface area contributed by atoms with Crippen LogP contribution in [0.15, 0.2) is 18.7 Å². The average molecular weight is 217 g/mol. The molecule has 1 aromatic rings. The van der Waals surface area contributed by atoms with Crippen molar-refractivity contribution in [3.63, 3.8) is 0 Å². The highest BCUT2D eigenvalue weighted by Crippen LogP contribution is 2.48. The Kier molecular flexibility index (Phi) is 2.87. The van der Waals surface area contributed by atoms with Gasteiger partial charge in [0.1, 0.15) is 6.33 Å². The van der Waals surface area contributed by atoms with E-state index in [2.05, 4.69) is 15.3 Å². The van der Waals surface area contributed by atoms with Crippen molar-refractivity contribution in [2.45, 2.75) is 32.2 Å². The second-order valence-electron chi connectivity index (χ2n) is 5.22. The van der Waals surface area contributed by atoms with Crippen molar-refractivity contribution in [2.75, 3.05) is 6.54 Å². The third-order valence-electron chi connectivity index (χ3n) is 3.78. The van der Waals surface area contributed by atoms with Gasteiger partial charge in [0.25, 0.3) is 0 Å². The molecule has 0 spiro atoms. The minimum atomic E-state index is 0.913. The smallest absolute Gasteiger partial charge is 0.115 e. The minimum Gasteiger partial charge on any atom is -0.312 e. The maximum absolute atomic E-state index is 4.03. The summed E-state index contributed by atoms with van der Waals surface area (Å²) in [4.78, 5) is 8.05. The molecule has 2 aliphatic carbocycles. The van der Waals surface area contributed by atoms with Crippen LogP contribution in [0.4, 0.5) is 0 Å². The number of rotatable bonds is 6. The van der Waals surface area contributed by atoms with E-state index in [9.17, 15) is 0 Å². The van der Waals surface area contributed by atoms with Gasteiger partial charge in [-0.1, -0.05) is 0 Å². The van der Waals surface area contributed by atoms with Crippen LogP contribution in [0.5, 0.6) is 0 Å². The van der Waals surface area contributed by atoms with Crippen LogP contribution in [-0.4, -0.2) is 16.5 Å². The number of nitrogens with zero attached hydrogens (tertiary/aromatic N) is 2. The molecule has 0 bridgehead atoms. The van der Waals surface area contributed by atoms with Crippen LogP contribution in [-0.2, 0) is 6.54 Å². The molecule has 2 saturated carbocycles. The monoisotopic (exact) mass is 217 g/mol. The van der Waals surface area contributed by atoms with Gasteiger partial charge in [0, 0.05) is 24.5 Å². The summed E-state index contributed by atoms with van der Waals surface area (Å²) in [5.74, 6) is 3.02. The average Bonchev–Trinajstić information content (AvgIpc) is 3.17. The molecule has 3 heteroatoms. The molecule has 0 atom stereocenters. The normalized spacial score (nSPS) is 20.3. The van der Waals surface area contributed by atoms with Crippen LogP contribution in [0.1, 0.15) is 31.2 Å². The van der Waals surface area contributed by atoms with Crippen molar-refractivity contribution in [3.05, 3.63) is 24.3 Å². The summed E-state index contributed by atoms with van der Waals surface area (Å²) in [6.45, 7) is 2.10. The predicted molar refractivity (Wildman–Crippen MR) is 62.7 cm³/mol. The number of hydrogen-bond donors (Lipinski definition) is 1. The SMILES string of the molecule is c1ncc(CNCC(C2CC2)C2CC2)cn1. The molecule has 1 aromatic heterocycles. The molecule has 16 heavy (non-hydrogen) atoms. The van der Waals surface area contributed by atoms with Gasteiger partial charge in [-0.25, -0.2) is 9.97 Å². The summed E-state index contributed by atoms with van der Waals surface area (Å²) >= 11 is 0. The zero-order valence-electron chi connectivity index (χ0n) is 9.60. The lowest BCUT2D eigenvalue weighted by atomic mass is 9.98. The van der Waals surface area contributed by atoms with Crippen LogP contribution in [0, 0.1) is 17.8 Å². The Morgan fingerprint density at radius 3 is 2.31 bits per heavy atom. The Bertz CT molecular complexity index is 318. The van der Waals surface area contributed by atoms with Crippen molar-refractivity contribution in [1.29, 1.82) is 0 Å². The first kappa shape index (κ1) is 10.2. The molecule has 1 heterocycles. The molecule has 0 unspecified atom stereocenters. The lowest BCUT2D eigenvalue weighted by Crippen LogP contribution is -2.25. The maximum Gasteiger partial charge on any atom is 0.115 e. The van der Waals surface area contributed by atoms with E-state index in [-0.39, 0.29) is 0 Å². The van der Waals surface area contributed by atoms with Crippen LogP contribution in [0.2, 0.25) is 0 Å². The van der Waals surface area contributed by atoms with E-state index in [0.717, 1.165) is 24.3 Å². The molecule has 2 fully saturated rings. The third-order valence-corrected chi connectivity index (χ3v) is 3.78. The topological polar surface area (TPSA) is 37.8 Å². The third kappa shape index (κ3) is 2.59. The van der Waals surface area contributed by atoms with Gasteiger partial charge >= 0.3 is 0 Å². The van der Waals surface area contributed by atoms with Gasteiger partial charge in [-0.15, -0.1) is 0 Å². The summed E-state index contributed by atoms with van der Waals surface area (Å²) < 4.78 is 0. The highest BCUT2D eigenvalue weighted by molar-refractivity contribution is 5.02. The summed E-state index contributed by atoms with van der Waals surface area (Å²) in [6.07, 6.45) is 11.2. The second kappa shape index (κ2) is 4.50. The van der Waals surface area contributed by atoms with Crippen molar-refractivity contribution in [3.8, 4) is 0 Å². The number of hydrogen-bond acceptors (Lipinski definition) is 3. The number of aromatic nitrogens is 2. The zero-order valence-corrected chi connectivity index (χ0v) is 9.60. The highest BCUT2D eigenvalue weighted by Gasteiger charge is 2.40. The molecule has 1 N–H and O–H groups in total. The van der Waals surface area contributed by atoms with E-state index in [1.807, 2.05) is 12.4 Å². The molecule has 2 aliphatic rings. The van der Waals surface area contributed by atoms with Crippen molar-refractivity contribution >= 4 is 0 Å². The van der Waals surface area contributed by atoms with Gasteiger partial charge in [-0.2, -0.15) is 0 Å². The standard InChI is InChI=1S/C13H19N3/c1-2-11(1)13(12-3-4-12)8-14-5-10-6-15-9-16-7-10/h6-7,9,11-14H,1-5,8H2. The summed E-state index contributed by atoms with van der Waals surface area (Å²) in [5.41, 5.74) is 1.19. The zero-order chi connectivity index (χ0) is 10.8. The fraction of sp³-hybridized carbons (Fsp3) is 0.692. The fourth-order valence-corrected chi connectivity index (χ4v) is 2.57. The first-order chi connectivity index (χ1) is 7.93. The van der Waals surface area contributed by atoms with Gasteiger partial charge < -0.3 is 5.32 Å². The highest BCUT2D eigenvalue weighted by atomic mass is 14.9. The van der Waals surface area contributed by atoms with E-state index in [1.165, 1.54) is 37.8 Å². The Morgan fingerprint density at radius 2 is 1.75 bits per heavy atom. The molecule has 86 valence electrons. The van der Waals surface area contributed by atoms with E-state index in [4.69, 9.17) is 0 Å². The number of nitrogens with one attached hydrogen (secondary N) is 1. The summed E-state index contributed by atoms with van der Waals surface area (Å²) in [5, 5.41) is 3.56. The Hall–Kier alpha value is -0.960. The molecule has 3 nitrogen and oxygen atoms in total. The van der Waals surface area contributed by atoms with Gasteiger partial charge in [0.2, 0.25) is 0 Å². The first-order valence-electron chi connectivity index (χ1n) is 6.38. The Morgan fingerprint density at radius 1 is 1.12 bits per heavy atom. The quantitative estimate of drug-likeness (QED) is 0.792. The maximum atomic E-state index is 4.03. The van der Waals surface area contributed by atoms with Crippen LogP contribution in [0.3, 0.4) is 0 Å². The van der Waals surface area contributed by atoms with E-state index in [0.29, 0.717) is 0 Å². The fourth-order valence-electron chi connectivity index (χ4n) is 2.57.